The fourth-order valence-corrected chi connectivity index (χ4v) is 2.49. The van der Waals surface area contributed by atoms with Gasteiger partial charge in [0.1, 0.15) is 11.2 Å². The van der Waals surface area contributed by atoms with E-state index in [1.54, 1.807) is 0 Å². The molecule has 0 fully saturated rings. The van der Waals surface area contributed by atoms with Crippen LogP contribution in [0.4, 0.5) is 0 Å². The third kappa shape index (κ3) is 1.90. The first kappa shape index (κ1) is 11.0. The lowest BCUT2D eigenvalue weighted by Gasteiger charge is -2.10. The summed E-state index contributed by atoms with van der Waals surface area (Å²) in [6.07, 6.45) is 2.88. The Labute approximate surface area is 97.0 Å². The van der Waals surface area contributed by atoms with Crippen LogP contribution in [0.25, 0.3) is 10.2 Å². The predicted octanol–water partition coefficient (Wildman–Crippen LogP) is 2.66. The molecule has 4 nitrogen and oxygen atoms in total. The van der Waals surface area contributed by atoms with E-state index in [1.807, 2.05) is 18.4 Å². The van der Waals surface area contributed by atoms with Gasteiger partial charge in [0.05, 0.1) is 11.6 Å². The number of aromatic nitrogens is 2. The van der Waals surface area contributed by atoms with Crippen molar-refractivity contribution in [1.29, 1.82) is 0 Å². The first-order valence-electron chi connectivity index (χ1n) is 5.15. The maximum Gasteiger partial charge on any atom is 0.312 e. The van der Waals surface area contributed by atoms with Crippen molar-refractivity contribution in [3.63, 3.8) is 0 Å². The highest BCUT2D eigenvalue weighted by atomic mass is 32.1. The molecule has 2 aromatic heterocycles. The van der Waals surface area contributed by atoms with Gasteiger partial charge in [-0.3, -0.25) is 4.79 Å². The van der Waals surface area contributed by atoms with Crippen molar-refractivity contribution in [2.24, 2.45) is 0 Å². The monoisotopic (exact) mass is 236 g/mol. The van der Waals surface area contributed by atoms with Crippen LogP contribution in [0.15, 0.2) is 17.8 Å². The SMILES string of the molecule is CCCC(C(=O)O)c1ncnc2sccc12. The van der Waals surface area contributed by atoms with Gasteiger partial charge in [-0.15, -0.1) is 11.3 Å². The van der Waals surface area contributed by atoms with Crippen molar-refractivity contribution in [3.8, 4) is 0 Å². The van der Waals surface area contributed by atoms with Crippen LogP contribution in [-0.4, -0.2) is 21.0 Å². The number of fused-ring (bicyclic) bond motifs is 1. The minimum Gasteiger partial charge on any atom is -0.481 e. The van der Waals surface area contributed by atoms with E-state index >= 15 is 0 Å². The molecule has 1 atom stereocenters. The third-order valence-electron chi connectivity index (χ3n) is 2.50. The fourth-order valence-electron chi connectivity index (χ4n) is 1.75. The number of rotatable bonds is 4. The Kier molecular flexibility index (Phi) is 3.14. The van der Waals surface area contributed by atoms with E-state index < -0.39 is 11.9 Å². The zero-order valence-corrected chi connectivity index (χ0v) is 9.70. The van der Waals surface area contributed by atoms with Gasteiger partial charge in [0.2, 0.25) is 0 Å². The van der Waals surface area contributed by atoms with Gasteiger partial charge in [0.25, 0.3) is 0 Å². The van der Waals surface area contributed by atoms with Crippen molar-refractivity contribution < 1.29 is 9.90 Å². The van der Waals surface area contributed by atoms with Crippen LogP contribution in [0.2, 0.25) is 0 Å². The zero-order chi connectivity index (χ0) is 11.5. The summed E-state index contributed by atoms with van der Waals surface area (Å²) >= 11 is 1.50. The summed E-state index contributed by atoms with van der Waals surface area (Å²) in [5.41, 5.74) is 0.639. The average molecular weight is 236 g/mol. The summed E-state index contributed by atoms with van der Waals surface area (Å²) < 4.78 is 0. The summed E-state index contributed by atoms with van der Waals surface area (Å²) in [7, 11) is 0. The number of nitrogens with zero attached hydrogens (tertiary/aromatic N) is 2. The van der Waals surface area contributed by atoms with E-state index in [-0.39, 0.29) is 0 Å². The number of hydrogen-bond donors (Lipinski definition) is 1. The smallest absolute Gasteiger partial charge is 0.312 e. The van der Waals surface area contributed by atoms with Gasteiger partial charge >= 0.3 is 5.97 Å². The number of carboxylic acid groups (broad SMARTS) is 1. The maximum atomic E-state index is 11.2. The van der Waals surface area contributed by atoms with Gasteiger partial charge in [-0.25, -0.2) is 9.97 Å². The first-order valence-corrected chi connectivity index (χ1v) is 6.03. The maximum absolute atomic E-state index is 11.2. The number of carboxylic acids is 1. The normalized spacial score (nSPS) is 12.8. The zero-order valence-electron chi connectivity index (χ0n) is 8.88. The molecule has 0 spiro atoms. The van der Waals surface area contributed by atoms with Gasteiger partial charge in [-0.2, -0.15) is 0 Å². The Hall–Kier alpha value is -1.49. The van der Waals surface area contributed by atoms with Crippen molar-refractivity contribution in [2.45, 2.75) is 25.7 Å². The summed E-state index contributed by atoms with van der Waals surface area (Å²) in [6.45, 7) is 1.97. The molecule has 0 radical (unpaired) electrons. The Bertz CT molecular complexity index is 509. The van der Waals surface area contributed by atoms with Crippen LogP contribution in [0.1, 0.15) is 31.4 Å². The number of carbonyl (C=O) groups is 1. The predicted molar refractivity (Wildman–Crippen MR) is 62.7 cm³/mol. The van der Waals surface area contributed by atoms with Gasteiger partial charge in [-0.1, -0.05) is 13.3 Å². The molecule has 0 aromatic carbocycles. The second-order valence-electron chi connectivity index (χ2n) is 3.58. The number of hydrogen-bond acceptors (Lipinski definition) is 4. The van der Waals surface area contributed by atoms with Gasteiger partial charge in [0, 0.05) is 5.39 Å². The van der Waals surface area contributed by atoms with E-state index in [2.05, 4.69) is 9.97 Å². The largest absolute Gasteiger partial charge is 0.481 e. The molecular weight excluding hydrogens is 224 g/mol. The first-order chi connectivity index (χ1) is 7.74. The lowest BCUT2D eigenvalue weighted by molar-refractivity contribution is -0.139. The Morgan fingerprint density at radius 3 is 3.06 bits per heavy atom. The number of aliphatic carboxylic acids is 1. The third-order valence-corrected chi connectivity index (χ3v) is 3.32. The van der Waals surface area contributed by atoms with Crippen LogP contribution in [0, 0.1) is 0 Å². The lowest BCUT2D eigenvalue weighted by Crippen LogP contribution is -2.13. The second kappa shape index (κ2) is 4.57. The molecule has 0 saturated heterocycles. The molecule has 84 valence electrons. The van der Waals surface area contributed by atoms with E-state index in [9.17, 15) is 9.90 Å². The molecule has 16 heavy (non-hydrogen) atoms. The number of thiophene rings is 1. The van der Waals surface area contributed by atoms with E-state index in [1.165, 1.54) is 17.7 Å². The highest BCUT2D eigenvalue weighted by Gasteiger charge is 2.22. The topological polar surface area (TPSA) is 63.1 Å². The Morgan fingerprint density at radius 2 is 2.38 bits per heavy atom. The Balaban J connectivity index is 2.51. The summed E-state index contributed by atoms with van der Waals surface area (Å²) in [6, 6.07) is 1.89. The molecule has 0 saturated carbocycles. The van der Waals surface area contributed by atoms with Crippen molar-refractivity contribution >= 4 is 27.5 Å². The average Bonchev–Trinajstić information content (AvgIpc) is 2.73. The summed E-state index contributed by atoms with van der Waals surface area (Å²) in [5.74, 6) is -1.34. The molecule has 2 aromatic rings. The van der Waals surface area contributed by atoms with E-state index in [0.29, 0.717) is 12.1 Å². The highest BCUT2D eigenvalue weighted by molar-refractivity contribution is 7.16. The molecule has 2 heterocycles. The van der Waals surface area contributed by atoms with Gasteiger partial charge in [-0.05, 0) is 17.9 Å². The molecule has 1 unspecified atom stereocenters. The molecule has 5 heteroatoms. The van der Waals surface area contributed by atoms with Gasteiger partial charge < -0.3 is 5.11 Å². The summed E-state index contributed by atoms with van der Waals surface area (Å²) in [5, 5.41) is 12.0. The van der Waals surface area contributed by atoms with Gasteiger partial charge in [0.15, 0.2) is 0 Å². The van der Waals surface area contributed by atoms with Crippen molar-refractivity contribution in [1.82, 2.24) is 9.97 Å². The van der Waals surface area contributed by atoms with Crippen molar-refractivity contribution in [3.05, 3.63) is 23.5 Å². The minimum absolute atomic E-state index is 0.523. The molecular formula is C11H12N2O2S. The van der Waals surface area contributed by atoms with Crippen LogP contribution in [0.5, 0.6) is 0 Å². The second-order valence-corrected chi connectivity index (χ2v) is 4.47. The molecule has 2 rings (SSSR count). The molecule has 0 amide bonds. The Morgan fingerprint density at radius 1 is 1.56 bits per heavy atom. The van der Waals surface area contributed by atoms with E-state index in [4.69, 9.17) is 0 Å². The quantitative estimate of drug-likeness (QED) is 0.886. The lowest BCUT2D eigenvalue weighted by atomic mass is 9.98. The standard InChI is InChI=1S/C11H12N2O2S/c1-2-3-8(11(14)15)9-7-4-5-16-10(7)13-6-12-9/h4-6,8H,2-3H2,1H3,(H,14,15). The van der Waals surface area contributed by atoms with Crippen LogP contribution >= 0.6 is 11.3 Å². The molecule has 0 aliphatic rings. The molecule has 1 N–H and O–H groups in total. The summed E-state index contributed by atoms with van der Waals surface area (Å²) in [4.78, 5) is 20.3. The van der Waals surface area contributed by atoms with Crippen LogP contribution in [0.3, 0.4) is 0 Å². The minimum atomic E-state index is -0.812. The fraction of sp³-hybridized carbons (Fsp3) is 0.364. The molecule has 0 bridgehead atoms. The highest BCUT2D eigenvalue weighted by Crippen LogP contribution is 2.28. The molecule has 0 aliphatic carbocycles. The van der Waals surface area contributed by atoms with Crippen LogP contribution in [-0.2, 0) is 4.79 Å². The van der Waals surface area contributed by atoms with E-state index in [0.717, 1.165) is 16.6 Å². The molecule has 0 aliphatic heterocycles. The van der Waals surface area contributed by atoms with Crippen LogP contribution < -0.4 is 0 Å². The van der Waals surface area contributed by atoms with Crippen molar-refractivity contribution in [2.75, 3.05) is 0 Å².